The fourth-order valence-electron chi connectivity index (χ4n) is 2.02. The van der Waals surface area contributed by atoms with Gasteiger partial charge in [0.1, 0.15) is 0 Å². The van der Waals surface area contributed by atoms with Crippen LogP contribution in [0.15, 0.2) is 0 Å². The van der Waals surface area contributed by atoms with Crippen molar-refractivity contribution in [1.82, 2.24) is 4.90 Å². The molecule has 0 saturated carbocycles. The molecule has 92 valence electrons. The van der Waals surface area contributed by atoms with Crippen LogP contribution < -0.4 is 0 Å². The van der Waals surface area contributed by atoms with Gasteiger partial charge in [-0.1, -0.05) is 26.7 Å². The summed E-state index contributed by atoms with van der Waals surface area (Å²) >= 11 is 1.97. The lowest BCUT2D eigenvalue weighted by Gasteiger charge is -2.27. The van der Waals surface area contributed by atoms with E-state index in [0.29, 0.717) is 0 Å². The minimum atomic E-state index is 0.782. The first-order valence-electron chi connectivity index (χ1n) is 6.49. The Labute approximate surface area is 101 Å². The van der Waals surface area contributed by atoms with Crippen LogP contribution in [0.2, 0.25) is 0 Å². The van der Waals surface area contributed by atoms with Gasteiger partial charge in [0.2, 0.25) is 0 Å². The van der Waals surface area contributed by atoms with E-state index in [1.165, 1.54) is 50.9 Å². The predicted octanol–water partition coefficient (Wildman–Crippen LogP) is 4.03. The maximum Gasteiger partial charge on any atom is 0.00668 e. The normalized spacial score (nSPS) is 13.4. The van der Waals surface area contributed by atoms with Crippen molar-refractivity contribution < 1.29 is 0 Å². The van der Waals surface area contributed by atoms with Crippen LogP contribution in [0, 0.1) is 0 Å². The van der Waals surface area contributed by atoms with Crippen molar-refractivity contribution >= 4 is 11.8 Å². The van der Waals surface area contributed by atoms with Gasteiger partial charge in [-0.3, -0.25) is 0 Å². The van der Waals surface area contributed by atoms with Gasteiger partial charge in [0.05, 0.1) is 0 Å². The van der Waals surface area contributed by atoms with E-state index >= 15 is 0 Å². The molecule has 0 N–H and O–H groups in total. The molecule has 0 aliphatic heterocycles. The van der Waals surface area contributed by atoms with Crippen molar-refractivity contribution in [3.8, 4) is 0 Å². The molecule has 0 spiro atoms. The van der Waals surface area contributed by atoms with Crippen LogP contribution in [0.5, 0.6) is 0 Å². The summed E-state index contributed by atoms with van der Waals surface area (Å²) in [6.45, 7) is 9.41. The van der Waals surface area contributed by atoms with Crippen LogP contribution in [0.4, 0.5) is 0 Å². The SMILES string of the molecule is CCCN(CC)C(C)CCCCCSC. The minimum absolute atomic E-state index is 0.782. The van der Waals surface area contributed by atoms with E-state index in [-0.39, 0.29) is 0 Å². The van der Waals surface area contributed by atoms with Crippen LogP contribution >= 0.6 is 11.8 Å². The maximum atomic E-state index is 2.61. The monoisotopic (exact) mass is 231 g/mol. The number of hydrogen-bond acceptors (Lipinski definition) is 2. The zero-order valence-electron chi connectivity index (χ0n) is 11.1. The van der Waals surface area contributed by atoms with E-state index in [1.807, 2.05) is 11.8 Å². The highest BCUT2D eigenvalue weighted by Crippen LogP contribution is 2.11. The number of nitrogens with zero attached hydrogens (tertiary/aromatic N) is 1. The summed E-state index contributed by atoms with van der Waals surface area (Å²) in [5, 5.41) is 0. The summed E-state index contributed by atoms with van der Waals surface area (Å²) in [7, 11) is 0. The number of hydrogen-bond donors (Lipinski definition) is 0. The van der Waals surface area contributed by atoms with Crippen molar-refractivity contribution in [1.29, 1.82) is 0 Å². The molecule has 0 bridgehead atoms. The van der Waals surface area contributed by atoms with Crippen LogP contribution in [-0.2, 0) is 0 Å². The number of thioether (sulfide) groups is 1. The summed E-state index contributed by atoms with van der Waals surface area (Å²) in [5.41, 5.74) is 0. The largest absolute Gasteiger partial charge is 0.301 e. The summed E-state index contributed by atoms with van der Waals surface area (Å²) in [6, 6.07) is 0.782. The predicted molar refractivity (Wildman–Crippen MR) is 73.9 cm³/mol. The standard InChI is InChI=1S/C13H29NS/c1-5-11-14(6-2)13(3)10-8-7-9-12-15-4/h13H,5-12H2,1-4H3. The molecule has 1 nitrogen and oxygen atoms in total. The zero-order chi connectivity index (χ0) is 11.5. The van der Waals surface area contributed by atoms with Gasteiger partial charge >= 0.3 is 0 Å². The third kappa shape index (κ3) is 8.15. The summed E-state index contributed by atoms with van der Waals surface area (Å²) in [5.74, 6) is 1.33. The number of unbranched alkanes of at least 4 members (excludes halogenated alkanes) is 2. The van der Waals surface area contributed by atoms with Gasteiger partial charge in [0.25, 0.3) is 0 Å². The minimum Gasteiger partial charge on any atom is -0.301 e. The highest BCUT2D eigenvalue weighted by Gasteiger charge is 2.09. The van der Waals surface area contributed by atoms with Crippen molar-refractivity contribution in [3.63, 3.8) is 0 Å². The molecule has 1 unspecified atom stereocenters. The summed E-state index contributed by atoms with van der Waals surface area (Å²) in [6.07, 6.45) is 9.07. The highest BCUT2D eigenvalue weighted by atomic mass is 32.2. The summed E-state index contributed by atoms with van der Waals surface area (Å²) in [4.78, 5) is 2.61. The molecule has 0 aromatic carbocycles. The highest BCUT2D eigenvalue weighted by molar-refractivity contribution is 7.98. The molecule has 2 heteroatoms. The first-order chi connectivity index (χ1) is 7.26. The lowest BCUT2D eigenvalue weighted by Crippen LogP contribution is -2.33. The van der Waals surface area contributed by atoms with Crippen LogP contribution in [0.25, 0.3) is 0 Å². The third-order valence-electron chi connectivity index (χ3n) is 3.01. The van der Waals surface area contributed by atoms with E-state index in [2.05, 4.69) is 31.9 Å². The molecular formula is C13H29NS. The van der Waals surface area contributed by atoms with E-state index in [4.69, 9.17) is 0 Å². The molecule has 0 rings (SSSR count). The van der Waals surface area contributed by atoms with Gasteiger partial charge in [-0.05, 0) is 51.3 Å². The van der Waals surface area contributed by atoms with E-state index in [0.717, 1.165) is 6.04 Å². The van der Waals surface area contributed by atoms with E-state index in [1.54, 1.807) is 0 Å². The quantitative estimate of drug-likeness (QED) is 0.522. The molecular weight excluding hydrogens is 202 g/mol. The van der Waals surface area contributed by atoms with E-state index in [9.17, 15) is 0 Å². The Morgan fingerprint density at radius 1 is 1.13 bits per heavy atom. The van der Waals surface area contributed by atoms with Gasteiger partial charge in [-0.25, -0.2) is 0 Å². The molecule has 0 fully saturated rings. The second-order valence-electron chi connectivity index (χ2n) is 4.32. The molecule has 1 atom stereocenters. The average molecular weight is 231 g/mol. The first kappa shape index (κ1) is 15.3. The second kappa shape index (κ2) is 10.8. The Morgan fingerprint density at radius 3 is 2.40 bits per heavy atom. The maximum absolute atomic E-state index is 2.61. The van der Waals surface area contributed by atoms with Gasteiger partial charge in [0, 0.05) is 6.04 Å². The first-order valence-corrected chi connectivity index (χ1v) is 7.88. The molecule has 0 radical (unpaired) electrons. The zero-order valence-corrected chi connectivity index (χ0v) is 11.9. The third-order valence-corrected chi connectivity index (χ3v) is 3.71. The fraction of sp³-hybridized carbons (Fsp3) is 1.00. The Kier molecular flexibility index (Phi) is 11.0. The molecule has 0 aliphatic carbocycles. The Bertz CT molecular complexity index is 128. The van der Waals surface area contributed by atoms with Gasteiger partial charge < -0.3 is 4.90 Å². The van der Waals surface area contributed by atoms with Crippen molar-refractivity contribution in [2.24, 2.45) is 0 Å². The molecule has 0 aromatic heterocycles. The Morgan fingerprint density at radius 2 is 1.87 bits per heavy atom. The van der Waals surface area contributed by atoms with Crippen LogP contribution in [-0.4, -0.2) is 36.0 Å². The lowest BCUT2D eigenvalue weighted by atomic mass is 10.1. The van der Waals surface area contributed by atoms with E-state index < -0.39 is 0 Å². The van der Waals surface area contributed by atoms with Gasteiger partial charge in [0.15, 0.2) is 0 Å². The second-order valence-corrected chi connectivity index (χ2v) is 5.31. The average Bonchev–Trinajstić information content (AvgIpc) is 2.25. The van der Waals surface area contributed by atoms with Gasteiger partial charge in [-0.2, -0.15) is 11.8 Å². The molecule has 0 saturated heterocycles. The van der Waals surface area contributed by atoms with Crippen molar-refractivity contribution in [3.05, 3.63) is 0 Å². The molecule has 0 heterocycles. The lowest BCUT2D eigenvalue weighted by molar-refractivity contribution is 0.207. The molecule has 0 amide bonds. The Balaban J connectivity index is 3.48. The number of rotatable bonds is 10. The summed E-state index contributed by atoms with van der Waals surface area (Å²) < 4.78 is 0. The van der Waals surface area contributed by atoms with Crippen molar-refractivity contribution in [2.75, 3.05) is 25.1 Å². The topological polar surface area (TPSA) is 3.24 Å². The fourth-order valence-corrected chi connectivity index (χ4v) is 2.52. The smallest absolute Gasteiger partial charge is 0.00668 e. The van der Waals surface area contributed by atoms with Crippen LogP contribution in [0.1, 0.15) is 52.9 Å². The van der Waals surface area contributed by atoms with Crippen molar-refractivity contribution in [2.45, 2.75) is 58.9 Å². The Hall–Kier alpha value is 0.310. The van der Waals surface area contributed by atoms with Gasteiger partial charge in [-0.15, -0.1) is 0 Å². The molecule has 0 aliphatic rings. The molecule has 0 aromatic rings. The van der Waals surface area contributed by atoms with Crippen LogP contribution in [0.3, 0.4) is 0 Å². The molecule has 15 heavy (non-hydrogen) atoms.